The minimum absolute atomic E-state index is 0.0579. The number of rotatable bonds is 3. The quantitative estimate of drug-likeness (QED) is 0.578. The third-order valence-corrected chi connectivity index (χ3v) is 4.31. The molecule has 0 unspecified atom stereocenters. The molecule has 0 radical (unpaired) electrons. The summed E-state index contributed by atoms with van der Waals surface area (Å²) in [5.41, 5.74) is 1.42. The van der Waals surface area contributed by atoms with E-state index in [-0.39, 0.29) is 11.8 Å². The number of aliphatic hydroxyl groups is 3. The normalized spacial score (nSPS) is 26.3. The van der Waals surface area contributed by atoms with Gasteiger partial charge in [-0.1, -0.05) is 0 Å². The van der Waals surface area contributed by atoms with Gasteiger partial charge in [-0.25, -0.2) is 4.98 Å². The number of fused-ring (bicyclic) bond motifs is 2. The van der Waals surface area contributed by atoms with Crippen molar-refractivity contribution < 1.29 is 29.2 Å². The molecule has 1 aromatic carbocycles. The molecule has 3 N–H and O–H groups in total. The van der Waals surface area contributed by atoms with Crippen LogP contribution in [0.5, 0.6) is 5.75 Å². The maximum absolute atomic E-state index is 11.5. The summed E-state index contributed by atoms with van der Waals surface area (Å²) in [6.07, 6.45) is -3.91. The number of aromatic nitrogens is 1. The van der Waals surface area contributed by atoms with E-state index in [1.807, 2.05) is 0 Å². The van der Waals surface area contributed by atoms with Crippen molar-refractivity contribution in [2.24, 2.45) is 0 Å². The van der Waals surface area contributed by atoms with Crippen molar-refractivity contribution in [2.45, 2.75) is 31.0 Å². The zero-order valence-corrected chi connectivity index (χ0v) is 13.6. The van der Waals surface area contributed by atoms with Crippen LogP contribution < -0.4 is 10.2 Å². The van der Waals surface area contributed by atoms with Crippen LogP contribution in [0, 0.1) is 0 Å². The maximum atomic E-state index is 11.5. The number of benzene rings is 2. The van der Waals surface area contributed by atoms with E-state index in [0.29, 0.717) is 28.3 Å². The monoisotopic (exact) mass is 359 g/mol. The Hall–Kier alpha value is -2.52. The number of nitrogens with zero attached hydrogens (tertiary/aromatic N) is 1. The molecule has 0 aromatic heterocycles. The lowest BCUT2D eigenvalue weighted by atomic mass is 10.0. The predicted molar refractivity (Wildman–Crippen MR) is 89.9 cm³/mol. The van der Waals surface area contributed by atoms with E-state index < -0.39 is 31.2 Å². The minimum atomic E-state index is -1.16. The lowest BCUT2D eigenvalue weighted by Crippen LogP contribution is -2.51. The van der Waals surface area contributed by atoms with Gasteiger partial charge < -0.3 is 29.2 Å². The zero-order chi connectivity index (χ0) is 18.3. The minimum Gasteiger partial charge on any atom is -0.465 e. The van der Waals surface area contributed by atoms with Gasteiger partial charge in [0.05, 0.1) is 12.7 Å². The van der Waals surface area contributed by atoms with Gasteiger partial charge in [-0.3, -0.25) is 4.79 Å². The van der Waals surface area contributed by atoms with Gasteiger partial charge in [0, 0.05) is 18.6 Å². The highest BCUT2D eigenvalue weighted by atomic mass is 16.7. The molecule has 0 spiro atoms. The number of hydrogen-bond donors (Lipinski definition) is 3. The van der Waals surface area contributed by atoms with Crippen LogP contribution in [0.1, 0.15) is 6.42 Å². The lowest BCUT2D eigenvalue weighted by Gasteiger charge is -2.36. The van der Waals surface area contributed by atoms with Crippen molar-refractivity contribution in [1.29, 1.82) is 0 Å². The Morgan fingerprint density at radius 1 is 1.19 bits per heavy atom. The van der Waals surface area contributed by atoms with Crippen molar-refractivity contribution in [3.8, 4) is 17.2 Å². The Kier molecular flexibility index (Phi) is 4.33. The van der Waals surface area contributed by atoms with Crippen LogP contribution in [-0.4, -0.2) is 51.5 Å². The van der Waals surface area contributed by atoms with Gasteiger partial charge in [0.1, 0.15) is 29.2 Å². The summed E-state index contributed by atoms with van der Waals surface area (Å²) in [6, 6.07) is 9.37. The van der Waals surface area contributed by atoms with E-state index in [1.165, 1.54) is 12.1 Å². The third-order valence-electron chi connectivity index (χ3n) is 4.31. The van der Waals surface area contributed by atoms with Crippen molar-refractivity contribution >= 4 is 11.1 Å². The average Bonchev–Trinajstić information content (AvgIpc) is 2.62. The molecule has 2 heterocycles. The van der Waals surface area contributed by atoms with Crippen molar-refractivity contribution in [3.63, 3.8) is 0 Å². The van der Waals surface area contributed by atoms with E-state index in [0.717, 1.165) is 0 Å². The van der Waals surface area contributed by atoms with Gasteiger partial charge in [0.25, 0.3) is 0 Å². The molecule has 0 amide bonds. The van der Waals surface area contributed by atoms with E-state index in [1.54, 1.807) is 24.3 Å². The largest absolute Gasteiger partial charge is 0.465 e. The smallest absolute Gasteiger partial charge is 0.202 e. The van der Waals surface area contributed by atoms with Crippen LogP contribution in [0.4, 0.5) is 0 Å². The highest BCUT2D eigenvalue weighted by Crippen LogP contribution is 2.28. The van der Waals surface area contributed by atoms with E-state index in [4.69, 9.17) is 13.9 Å². The molecule has 3 aliphatic rings. The molecule has 1 aliphatic carbocycles. The van der Waals surface area contributed by atoms with Crippen molar-refractivity contribution in [2.75, 3.05) is 6.61 Å². The van der Waals surface area contributed by atoms with Crippen LogP contribution in [-0.2, 0) is 4.74 Å². The SMILES string of the molecule is O=c1ccc2nc3ccc(O[C@H]4C[C@@H](O)[C@H](O)[C@@H](CO)O4)cc3oc-2c1. The van der Waals surface area contributed by atoms with E-state index in [9.17, 15) is 20.1 Å². The molecule has 1 fully saturated rings. The van der Waals surface area contributed by atoms with Gasteiger partial charge in [0.2, 0.25) is 6.29 Å². The van der Waals surface area contributed by atoms with Crippen LogP contribution >= 0.6 is 0 Å². The Labute approximate surface area is 147 Å². The number of aliphatic hydroxyl groups excluding tert-OH is 3. The van der Waals surface area contributed by atoms with Crippen molar-refractivity contribution in [1.82, 2.24) is 4.98 Å². The molecular formula is C18H17NO7. The molecule has 1 aromatic rings. The second-order valence-electron chi connectivity index (χ2n) is 6.17. The molecule has 2 aliphatic heterocycles. The van der Waals surface area contributed by atoms with Gasteiger partial charge in [-0.2, -0.15) is 0 Å². The van der Waals surface area contributed by atoms with Gasteiger partial charge >= 0.3 is 0 Å². The summed E-state index contributed by atoms with van der Waals surface area (Å²) >= 11 is 0. The number of ether oxygens (including phenoxy) is 2. The fraction of sp³-hybridized carbons (Fsp3) is 0.333. The van der Waals surface area contributed by atoms with Gasteiger partial charge in [-0.15, -0.1) is 0 Å². The fourth-order valence-electron chi connectivity index (χ4n) is 2.95. The highest BCUT2D eigenvalue weighted by molar-refractivity contribution is 5.77. The standard InChI is InChI=1S/C18H17NO7/c20-8-16-18(23)13(22)7-17(26-16)24-10-2-4-12-15(6-10)25-14-5-9(21)1-3-11(14)19-12/h1-6,13,16-18,20,22-23H,7-8H2/t13-,16-,17-,18+/m1/s1. The summed E-state index contributed by atoms with van der Waals surface area (Å²) in [5.74, 6) is 0.779. The van der Waals surface area contributed by atoms with Crippen LogP contribution in [0.25, 0.3) is 22.6 Å². The molecule has 0 saturated carbocycles. The molecule has 4 atom stereocenters. The Morgan fingerprint density at radius 2 is 2.04 bits per heavy atom. The highest BCUT2D eigenvalue weighted by Gasteiger charge is 2.37. The second kappa shape index (κ2) is 6.65. The second-order valence-corrected chi connectivity index (χ2v) is 6.17. The summed E-state index contributed by atoms with van der Waals surface area (Å²) in [7, 11) is 0. The first-order valence-electron chi connectivity index (χ1n) is 8.17. The summed E-state index contributed by atoms with van der Waals surface area (Å²) in [6.45, 7) is -0.432. The summed E-state index contributed by atoms with van der Waals surface area (Å²) in [5, 5.41) is 28.8. The van der Waals surface area contributed by atoms with Crippen LogP contribution in [0.2, 0.25) is 0 Å². The van der Waals surface area contributed by atoms with E-state index in [2.05, 4.69) is 4.98 Å². The molecule has 0 bridgehead atoms. The lowest BCUT2D eigenvalue weighted by molar-refractivity contribution is -0.229. The topological polar surface area (TPSA) is 122 Å². The molecule has 8 heteroatoms. The number of hydrogen-bond acceptors (Lipinski definition) is 8. The molecule has 8 nitrogen and oxygen atoms in total. The third kappa shape index (κ3) is 3.15. The average molecular weight is 359 g/mol. The summed E-state index contributed by atoms with van der Waals surface area (Å²) < 4.78 is 16.9. The van der Waals surface area contributed by atoms with Crippen LogP contribution in [0.3, 0.4) is 0 Å². The Bertz CT molecular complexity index is 956. The predicted octanol–water partition coefficient (Wildman–Crippen LogP) is 0.501. The maximum Gasteiger partial charge on any atom is 0.202 e. The molecule has 4 rings (SSSR count). The van der Waals surface area contributed by atoms with E-state index >= 15 is 0 Å². The molecule has 26 heavy (non-hydrogen) atoms. The Morgan fingerprint density at radius 3 is 2.85 bits per heavy atom. The Balaban J connectivity index is 1.62. The first kappa shape index (κ1) is 16.9. The first-order valence-corrected chi connectivity index (χ1v) is 8.17. The zero-order valence-electron chi connectivity index (χ0n) is 13.6. The van der Waals surface area contributed by atoms with Crippen LogP contribution in [0.15, 0.2) is 45.6 Å². The van der Waals surface area contributed by atoms with Crippen molar-refractivity contribution in [3.05, 3.63) is 46.6 Å². The molecule has 136 valence electrons. The van der Waals surface area contributed by atoms with Gasteiger partial charge in [0.15, 0.2) is 16.8 Å². The molecular weight excluding hydrogens is 342 g/mol. The molecule has 1 saturated heterocycles. The summed E-state index contributed by atoms with van der Waals surface area (Å²) in [4.78, 5) is 15.9. The fourth-order valence-corrected chi connectivity index (χ4v) is 2.95. The first-order chi connectivity index (χ1) is 12.5. The van der Waals surface area contributed by atoms with Gasteiger partial charge in [-0.05, 0) is 24.3 Å².